The van der Waals surface area contributed by atoms with Crippen molar-refractivity contribution in [2.45, 2.75) is 30.6 Å². The Kier molecular flexibility index (Phi) is 2.14. The van der Waals surface area contributed by atoms with Crippen molar-refractivity contribution in [2.24, 2.45) is 0 Å². The Morgan fingerprint density at radius 2 is 2.08 bits per heavy atom. The van der Waals surface area contributed by atoms with Crippen molar-refractivity contribution in [3.8, 4) is 0 Å². The summed E-state index contributed by atoms with van der Waals surface area (Å²) in [5.41, 5.74) is 2.98. The van der Waals surface area contributed by atoms with Gasteiger partial charge in [-0.1, -0.05) is 12.1 Å². The van der Waals surface area contributed by atoms with E-state index in [2.05, 4.69) is 31.4 Å². The average Bonchev–Trinajstić information content (AvgIpc) is 2.86. The van der Waals surface area contributed by atoms with Crippen LogP contribution in [0.25, 0.3) is 0 Å². The molecular formula is C11H14S. The molecule has 12 heavy (non-hydrogen) atoms. The van der Waals surface area contributed by atoms with Gasteiger partial charge >= 0.3 is 0 Å². The standard InChI is InChI=1S/C11H14S/c1-8-7-10(9-3-4-9)5-6-11(8)12-2/h5-7,9H,3-4H2,1-2H3. The fourth-order valence-electron chi connectivity index (χ4n) is 1.57. The lowest BCUT2D eigenvalue weighted by Gasteiger charge is -2.04. The van der Waals surface area contributed by atoms with E-state index in [0.717, 1.165) is 5.92 Å². The molecule has 0 aliphatic heterocycles. The summed E-state index contributed by atoms with van der Waals surface area (Å²) >= 11 is 1.84. The summed E-state index contributed by atoms with van der Waals surface area (Å²) in [6.07, 6.45) is 4.94. The minimum absolute atomic E-state index is 0.889. The third-order valence-corrected chi connectivity index (χ3v) is 3.37. The highest BCUT2D eigenvalue weighted by atomic mass is 32.2. The molecule has 1 fully saturated rings. The van der Waals surface area contributed by atoms with Crippen LogP contribution in [0, 0.1) is 6.92 Å². The SMILES string of the molecule is CSc1ccc(C2CC2)cc1C. The Balaban J connectivity index is 2.30. The molecule has 0 amide bonds. The summed E-state index contributed by atoms with van der Waals surface area (Å²) in [5.74, 6) is 0.889. The van der Waals surface area contributed by atoms with Crippen LogP contribution in [0.4, 0.5) is 0 Å². The number of benzene rings is 1. The van der Waals surface area contributed by atoms with Crippen LogP contribution >= 0.6 is 11.8 Å². The normalized spacial score (nSPS) is 16.5. The molecule has 0 N–H and O–H groups in total. The van der Waals surface area contributed by atoms with E-state index < -0.39 is 0 Å². The van der Waals surface area contributed by atoms with E-state index in [9.17, 15) is 0 Å². The van der Waals surface area contributed by atoms with Crippen LogP contribution in [0.2, 0.25) is 0 Å². The van der Waals surface area contributed by atoms with Gasteiger partial charge < -0.3 is 0 Å². The Morgan fingerprint density at radius 1 is 1.33 bits per heavy atom. The van der Waals surface area contributed by atoms with Crippen molar-refractivity contribution >= 4 is 11.8 Å². The number of rotatable bonds is 2. The number of aryl methyl sites for hydroxylation is 1. The van der Waals surface area contributed by atoms with Gasteiger partial charge in [0.1, 0.15) is 0 Å². The van der Waals surface area contributed by atoms with E-state index >= 15 is 0 Å². The fourth-order valence-corrected chi connectivity index (χ4v) is 2.16. The summed E-state index contributed by atoms with van der Waals surface area (Å²) in [6.45, 7) is 2.21. The summed E-state index contributed by atoms with van der Waals surface area (Å²) in [5, 5.41) is 0. The molecular weight excluding hydrogens is 164 g/mol. The third-order valence-electron chi connectivity index (χ3n) is 2.47. The molecule has 1 saturated carbocycles. The molecule has 0 bridgehead atoms. The van der Waals surface area contributed by atoms with Crippen LogP contribution in [0.1, 0.15) is 29.9 Å². The Hall–Kier alpha value is -0.430. The summed E-state index contributed by atoms with van der Waals surface area (Å²) in [4.78, 5) is 1.42. The van der Waals surface area contributed by atoms with Gasteiger partial charge in [0.25, 0.3) is 0 Å². The molecule has 1 heteroatoms. The van der Waals surface area contributed by atoms with Gasteiger partial charge in [0.05, 0.1) is 0 Å². The third kappa shape index (κ3) is 1.51. The highest BCUT2D eigenvalue weighted by Crippen LogP contribution is 2.41. The van der Waals surface area contributed by atoms with Gasteiger partial charge in [-0.3, -0.25) is 0 Å². The van der Waals surface area contributed by atoms with Gasteiger partial charge in [0.15, 0.2) is 0 Å². The Labute approximate surface area is 78.4 Å². The van der Waals surface area contributed by atoms with Crippen molar-refractivity contribution in [3.63, 3.8) is 0 Å². The van der Waals surface area contributed by atoms with Crippen LogP contribution in [-0.4, -0.2) is 6.26 Å². The summed E-state index contributed by atoms with van der Waals surface area (Å²) in [7, 11) is 0. The zero-order valence-corrected chi connectivity index (χ0v) is 8.45. The molecule has 0 spiro atoms. The average molecular weight is 178 g/mol. The van der Waals surface area contributed by atoms with E-state index in [1.807, 2.05) is 11.8 Å². The largest absolute Gasteiger partial charge is 0.129 e. The predicted molar refractivity (Wildman–Crippen MR) is 54.9 cm³/mol. The van der Waals surface area contributed by atoms with E-state index in [1.54, 1.807) is 5.56 Å². The maximum Gasteiger partial charge on any atom is 0.00985 e. The topological polar surface area (TPSA) is 0 Å². The summed E-state index contributed by atoms with van der Waals surface area (Å²) in [6, 6.07) is 6.90. The molecule has 0 saturated heterocycles. The van der Waals surface area contributed by atoms with Crippen molar-refractivity contribution in [3.05, 3.63) is 29.3 Å². The molecule has 1 aliphatic carbocycles. The second-order valence-corrected chi connectivity index (χ2v) is 4.35. The van der Waals surface area contributed by atoms with Gasteiger partial charge in [-0.05, 0) is 49.1 Å². The van der Waals surface area contributed by atoms with E-state index in [4.69, 9.17) is 0 Å². The van der Waals surface area contributed by atoms with E-state index in [0.29, 0.717) is 0 Å². The first-order valence-corrected chi connectivity index (χ1v) is 5.68. The molecule has 2 rings (SSSR count). The highest BCUT2D eigenvalue weighted by Gasteiger charge is 2.23. The minimum Gasteiger partial charge on any atom is -0.129 e. The molecule has 0 radical (unpaired) electrons. The molecule has 1 aliphatic rings. The smallest absolute Gasteiger partial charge is 0.00985 e. The van der Waals surface area contributed by atoms with Crippen LogP contribution in [0.15, 0.2) is 23.1 Å². The van der Waals surface area contributed by atoms with Crippen LogP contribution in [0.5, 0.6) is 0 Å². The molecule has 0 nitrogen and oxygen atoms in total. The van der Waals surface area contributed by atoms with Gasteiger partial charge in [-0.2, -0.15) is 0 Å². The fraction of sp³-hybridized carbons (Fsp3) is 0.455. The number of hydrogen-bond acceptors (Lipinski definition) is 1. The minimum atomic E-state index is 0.889. The van der Waals surface area contributed by atoms with Gasteiger partial charge in [-0.15, -0.1) is 11.8 Å². The molecule has 0 aromatic heterocycles. The predicted octanol–water partition coefficient (Wildman–Crippen LogP) is 3.59. The van der Waals surface area contributed by atoms with E-state index in [-0.39, 0.29) is 0 Å². The number of thioether (sulfide) groups is 1. The van der Waals surface area contributed by atoms with Crippen molar-refractivity contribution in [1.82, 2.24) is 0 Å². The second-order valence-electron chi connectivity index (χ2n) is 3.50. The van der Waals surface area contributed by atoms with Crippen LogP contribution in [-0.2, 0) is 0 Å². The first-order chi connectivity index (χ1) is 5.81. The van der Waals surface area contributed by atoms with Crippen LogP contribution in [0.3, 0.4) is 0 Å². The zero-order valence-electron chi connectivity index (χ0n) is 7.63. The van der Waals surface area contributed by atoms with E-state index in [1.165, 1.54) is 23.3 Å². The molecule has 1 aromatic carbocycles. The van der Waals surface area contributed by atoms with Crippen molar-refractivity contribution in [1.29, 1.82) is 0 Å². The van der Waals surface area contributed by atoms with Gasteiger partial charge in [-0.25, -0.2) is 0 Å². The second kappa shape index (κ2) is 3.14. The van der Waals surface area contributed by atoms with Gasteiger partial charge in [0, 0.05) is 4.90 Å². The maximum absolute atomic E-state index is 2.35. The molecule has 0 heterocycles. The zero-order chi connectivity index (χ0) is 8.55. The lowest BCUT2D eigenvalue weighted by molar-refractivity contribution is 1.10. The molecule has 0 atom stereocenters. The first-order valence-electron chi connectivity index (χ1n) is 4.46. The lowest BCUT2D eigenvalue weighted by atomic mass is 10.1. The van der Waals surface area contributed by atoms with Crippen LogP contribution < -0.4 is 0 Å². The lowest BCUT2D eigenvalue weighted by Crippen LogP contribution is -1.83. The van der Waals surface area contributed by atoms with Crippen molar-refractivity contribution < 1.29 is 0 Å². The Bertz CT molecular complexity index is 287. The van der Waals surface area contributed by atoms with Crippen molar-refractivity contribution in [2.75, 3.05) is 6.26 Å². The summed E-state index contributed by atoms with van der Waals surface area (Å²) < 4.78 is 0. The Morgan fingerprint density at radius 3 is 2.58 bits per heavy atom. The molecule has 0 unspecified atom stereocenters. The maximum atomic E-state index is 2.35. The first kappa shape index (κ1) is 8.18. The molecule has 1 aromatic rings. The number of hydrogen-bond donors (Lipinski definition) is 0. The monoisotopic (exact) mass is 178 g/mol. The van der Waals surface area contributed by atoms with Gasteiger partial charge in [0.2, 0.25) is 0 Å². The highest BCUT2D eigenvalue weighted by molar-refractivity contribution is 7.98. The molecule has 64 valence electrons. The quantitative estimate of drug-likeness (QED) is 0.624.